The second kappa shape index (κ2) is 11.0. The van der Waals surface area contributed by atoms with Crippen molar-refractivity contribution in [3.8, 4) is 0 Å². The van der Waals surface area contributed by atoms with Crippen molar-refractivity contribution in [2.75, 3.05) is 0 Å². The number of rotatable bonds is 12. The van der Waals surface area contributed by atoms with Crippen LogP contribution in [0.3, 0.4) is 0 Å². The first-order valence-electron chi connectivity index (χ1n) is 8.91. The third kappa shape index (κ3) is 10.7. The molecule has 0 rings (SSSR count). The molecule has 138 valence electrons. The Hall–Kier alpha value is 1.22. The second-order valence-electron chi connectivity index (χ2n) is 7.44. The van der Waals surface area contributed by atoms with E-state index in [2.05, 4.69) is 51.8 Å². The highest BCUT2D eigenvalue weighted by molar-refractivity contribution is 7.66. The van der Waals surface area contributed by atoms with E-state index in [4.69, 9.17) is 37.4 Å². The van der Waals surface area contributed by atoms with Gasteiger partial charge in [0.25, 0.3) is 0 Å². The smallest absolute Gasteiger partial charge is 0.344 e. The number of allylic oxidation sites excluding steroid dienone is 1. The molecule has 0 radical (unpaired) electrons. The Bertz CT molecular complexity index is 355. The fraction of sp³-hybridized carbons (Fsp3) is 0.875. The fourth-order valence-corrected chi connectivity index (χ4v) is 23.2. The van der Waals surface area contributed by atoms with Gasteiger partial charge in [0.1, 0.15) is 0 Å². The molecule has 1 atom stereocenters. The first-order chi connectivity index (χ1) is 10.5. The summed E-state index contributed by atoms with van der Waals surface area (Å²) in [4.78, 5) is 0. The van der Waals surface area contributed by atoms with Gasteiger partial charge in [-0.25, -0.2) is 0 Å². The van der Waals surface area contributed by atoms with Gasteiger partial charge in [-0.15, -0.1) is 33.2 Å². The molecule has 0 heterocycles. The van der Waals surface area contributed by atoms with Gasteiger partial charge in [-0.05, 0) is 39.0 Å². The van der Waals surface area contributed by atoms with Crippen LogP contribution in [0.1, 0.15) is 58.8 Å². The zero-order chi connectivity index (χ0) is 18.1. The summed E-state index contributed by atoms with van der Waals surface area (Å²) in [5, 5.41) is 0.169. The maximum Gasteiger partial charge on any atom is 0.344 e. The normalized spacial score (nSPS) is 15.3. The zero-order valence-corrected chi connectivity index (χ0v) is 21.0. The molecule has 0 aromatic heterocycles. The Balaban J connectivity index is 4.96. The molecule has 1 unspecified atom stereocenters. The maximum atomic E-state index is 6.70. The van der Waals surface area contributed by atoms with Crippen LogP contribution in [0.5, 0.6) is 0 Å². The highest BCUT2D eigenvalue weighted by Crippen LogP contribution is 2.45. The van der Waals surface area contributed by atoms with Crippen molar-refractivity contribution in [3.63, 3.8) is 0 Å². The van der Waals surface area contributed by atoms with E-state index >= 15 is 0 Å². The number of halogens is 3. The summed E-state index contributed by atoms with van der Waals surface area (Å²) in [6.45, 7) is 13.4. The molecule has 0 aliphatic heterocycles. The van der Waals surface area contributed by atoms with E-state index in [0.717, 1.165) is 19.3 Å². The quantitative estimate of drug-likeness (QED) is 0.173. The number of unbranched alkanes of at least 4 members (excludes halogenated alkanes) is 4. The lowest BCUT2D eigenvalue weighted by molar-refractivity contribution is 0.534. The standard InChI is InChI=1S/C16H35Cl3OSi3/c1-7-9-11-13-15-21(3,4)20-22(5,6)16(23(17,18)19)14-12-10-8-2/h13,15-16H,7-12,14H2,1-6H3/b15-13+. The molecule has 0 aromatic carbocycles. The first kappa shape index (κ1) is 24.2. The summed E-state index contributed by atoms with van der Waals surface area (Å²) in [7, 11) is -3.90. The van der Waals surface area contributed by atoms with E-state index in [9.17, 15) is 0 Å². The Morgan fingerprint density at radius 3 is 1.96 bits per heavy atom. The van der Waals surface area contributed by atoms with Crippen LogP contribution in [0.25, 0.3) is 0 Å². The van der Waals surface area contributed by atoms with Crippen LogP contribution >= 0.6 is 33.2 Å². The summed E-state index contributed by atoms with van der Waals surface area (Å²) in [5.74, 6) is 0. The molecule has 0 fully saturated rings. The van der Waals surface area contributed by atoms with Crippen molar-refractivity contribution in [2.24, 2.45) is 0 Å². The van der Waals surface area contributed by atoms with E-state index in [1.54, 1.807) is 0 Å². The van der Waals surface area contributed by atoms with E-state index in [-0.39, 0.29) is 5.16 Å². The number of hydrogen-bond donors (Lipinski definition) is 0. The minimum absolute atomic E-state index is 0.169. The van der Waals surface area contributed by atoms with Gasteiger partial charge < -0.3 is 4.12 Å². The van der Waals surface area contributed by atoms with Crippen LogP contribution in [0.2, 0.25) is 31.4 Å². The number of hydrogen-bond acceptors (Lipinski definition) is 1. The Kier molecular flexibility index (Phi) is 11.6. The van der Waals surface area contributed by atoms with Crippen molar-refractivity contribution < 1.29 is 4.12 Å². The zero-order valence-electron chi connectivity index (χ0n) is 15.7. The molecule has 0 aliphatic carbocycles. The highest BCUT2D eigenvalue weighted by Gasteiger charge is 2.50. The van der Waals surface area contributed by atoms with E-state index < -0.39 is 22.6 Å². The molecular formula is C16H35Cl3OSi3. The summed E-state index contributed by atoms with van der Waals surface area (Å²) >= 11 is 19.4. The molecule has 0 spiro atoms. The van der Waals surface area contributed by atoms with Crippen molar-refractivity contribution in [1.29, 1.82) is 0 Å². The largest absolute Gasteiger partial charge is 0.452 e. The van der Waals surface area contributed by atoms with Crippen LogP contribution in [0, 0.1) is 0 Å². The predicted molar refractivity (Wildman–Crippen MR) is 116 cm³/mol. The van der Waals surface area contributed by atoms with Gasteiger partial charge in [0, 0.05) is 5.16 Å². The minimum Gasteiger partial charge on any atom is -0.452 e. The summed E-state index contributed by atoms with van der Waals surface area (Å²) in [6.07, 6.45) is 10.4. The summed E-state index contributed by atoms with van der Waals surface area (Å²) in [5.41, 5.74) is 2.32. The molecule has 0 aliphatic rings. The third-order valence-corrected chi connectivity index (χ3v) is 19.8. The average molecular weight is 434 g/mol. The lowest BCUT2D eigenvalue weighted by atomic mass is 10.2. The van der Waals surface area contributed by atoms with E-state index in [1.165, 1.54) is 25.7 Å². The lowest BCUT2D eigenvalue weighted by Gasteiger charge is -2.40. The Morgan fingerprint density at radius 1 is 0.913 bits per heavy atom. The van der Waals surface area contributed by atoms with Gasteiger partial charge in [0.2, 0.25) is 0 Å². The minimum atomic E-state index is -2.76. The van der Waals surface area contributed by atoms with Crippen molar-refractivity contribution in [2.45, 2.75) is 90.1 Å². The molecule has 23 heavy (non-hydrogen) atoms. The van der Waals surface area contributed by atoms with E-state index in [1.807, 2.05) is 0 Å². The van der Waals surface area contributed by atoms with Crippen molar-refractivity contribution >= 4 is 55.9 Å². The molecular weight excluding hydrogens is 399 g/mol. The van der Waals surface area contributed by atoms with Crippen LogP contribution < -0.4 is 0 Å². The Labute approximate surface area is 161 Å². The second-order valence-corrected chi connectivity index (χ2v) is 25.2. The van der Waals surface area contributed by atoms with Crippen LogP contribution in [0.15, 0.2) is 11.8 Å². The van der Waals surface area contributed by atoms with Gasteiger partial charge in [-0.1, -0.05) is 57.7 Å². The summed E-state index contributed by atoms with van der Waals surface area (Å²) < 4.78 is 6.70. The third-order valence-electron chi connectivity index (χ3n) is 4.10. The van der Waals surface area contributed by atoms with E-state index in [0.29, 0.717) is 0 Å². The lowest BCUT2D eigenvalue weighted by Crippen LogP contribution is -2.51. The van der Waals surface area contributed by atoms with Crippen LogP contribution in [-0.2, 0) is 4.12 Å². The molecule has 0 saturated carbocycles. The Morgan fingerprint density at radius 2 is 1.48 bits per heavy atom. The molecule has 0 saturated heterocycles. The molecule has 0 aromatic rings. The van der Waals surface area contributed by atoms with Crippen molar-refractivity contribution in [1.82, 2.24) is 0 Å². The molecule has 0 amide bonds. The monoisotopic (exact) mass is 432 g/mol. The van der Waals surface area contributed by atoms with Gasteiger partial charge in [0.15, 0.2) is 16.6 Å². The van der Waals surface area contributed by atoms with Gasteiger partial charge in [-0.3, -0.25) is 0 Å². The van der Waals surface area contributed by atoms with Crippen molar-refractivity contribution in [3.05, 3.63) is 11.8 Å². The van der Waals surface area contributed by atoms with Gasteiger partial charge in [-0.2, -0.15) is 0 Å². The topological polar surface area (TPSA) is 9.23 Å². The summed E-state index contributed by atoms with van der Waals surface area (Å²) in [6, 6.07) is -2.76. The molecule has 0 bridgehead atoms. The molecule has 1 nitrogen and oxygen atoms in total. The SMILES string of the molecule is CCCC/C=C/[Si](C)(C)O[Si](C)(C)C(CCCCC)[Si](Cl)(Cl)Cl. The molecule has 0 N–H and O–H groups in total. The highest BCUT2D eigenvalue weighted by atomic mass is 35.8. The molecule has 7 heteroatoms. The van der Waals surface area contributed by atoms with Crippen LogP contribution in [-0.4, -0.2) is 22.6 Å². The fourth-order valence-electron chi connectivity index (χ4n) is 2.98. The van der Waals surface area contributed by atoms with Gasteiger partial charge >= 0.3 is 6.00 Å². The average Bonchev–Trinajstić information content (AvgIpc) is 2.36. The predicted octanol–water partition coefficient (Wildman–Crippen LogP) is 7.84. The first-order valence-corrected chi connectivity index (χ1v) is 20.0. The van der Waals surface area contributed by atoms with Gasteiger partial charge in [0.05, 0.1) is 0 Å². The van der Waals surface area contributed by atoms with Crippen LogP contribution in [0.4, 0.5) is 0 Å². The maximum absolute atomic E-state index is 6.70.